The molecular weight excluding hydrogens is 511 g/mol. The largest absolute Gasteiger partial charge is 0.416 e. The highest BCUT2D eigenvalue weighted by atomic mass is 35.5. The van der Waals surface area contributed by atoms with Gasteiger partial charge in [-0.05, 0) is 50.2 Å². The number of amides is 2. The zero-order valence-corrected chi connectivity index (χ0v) is 19.4. The molecule has 2 amide bonds. The average molecular weight is 529 g/mol. The molecule has 2 heterocycles. The number of hydrogen-bond donors (Lipinski definition) is 3. The van der Waals surface area contributed by atoms with Gasteiger partial charge in [-0.2, -0.15) is 13.2 Å². The van der Waals surface area contributed by atoms with Gasteiger partial charge in [-0.25, -0.2) is 13.8 Å². The Labute approximate surface area is 205 Å². The third-order valence-electron chi connectivity index (χ3n) is 5.42. The Morgan fingerprint density at radius 2 is 1.86 bits per heavy atom. The van der Waals surface area contributed by atoms with Gasteiger partial charge in [-0.3, -0.25) is 9.59 Å². The number of halogens is 6. The zero-order chi connectivity index (χ0) is 26.6. The van der Waals surface area contributed by atoms with E-state index in [1.165, 1.54) is 24.5 Å². The number of anilines is 1. The SMILES string of the molecule is CC(C)(O)c1nc(NC(=O)c2cc(F)cc(C(F)(F)F)c2)c2n1CC(=O)N[C@@H]2c1cc(F)ccc1Cl. The Balaban J connectivity index is 1.85. The zero-order valence-electron chi connectivity index (χ0n) is 18.7. The minimum absolute atomic E-state index is 0.0598. The van der Waals surface area contributed by atoms with Gasteiger partial charge < -0.3 is 20.3 Å². The van der Waals surface area contributed by atoms with E-state index in [0.29, 0.717) is 12.1 Å². The molecule has 0 radical (unpaired) electrons. The number of imidazole rings is 1. The monoisotopic (exact) mass is 528 g/mol. The van der Waals surface area contributed by atoms with Crippen LogP contribution in [0.2, 0.25) is 5.02 Å². The molecule has 1 aliphatic rings. The number of aromatic nitrogens is 2. The maximum atomic E-state index is 14.0. The first-order valence-electron chi connectivity index (χ1n) is 10.4. The number of hydrogen-bond acceptors (Lipinski definition) is 4. The van der Waals surface area contributed by atoms with Crippen molar-refractivity contribution in [1.29, 1.82) is 0 Å². The molecule has 0 bridgehead atoms. The number of rotatable bonds is 4. The van der Waals surface area contributed by atoms with Crippen LogP contribution in [0.15, 0.2) is 36.4 Å². The summed E-state index contributed by atoms with van der Waals surface area (Å²) in [5.74, 6) is -3.93. The third-order valence-corrected chi connectivity index (χ3v) is 5.77. The Hall–Kier alpha value is -3.51. The summed E-state index contributed by atoms with van der Waals surface area (Å²) in [6.07, 6.45) is -4.90. The van der Waals surface area contributed by atoms with Crippen LogP contribution in [0.3, 0.4) is 0 Å². The van der Waals surface area contributed by atoms with Gasteiger partial charge in [0.15, 0.2) is 5.82 Å². The molecule has 13 heteroatoms. The lowest BCUT2D eigenvalue weighted by Gasteiger charge is -2.29. The number of carbonyl (C=O) groups excluding carboxylic acids is 2. The first-order valence-corrected chi connectivity index (χ1v) is 10.8. The van der Waals surface area contributed by atoms with Crippen LogP contribution in [-0.2, 0) is 23.1 Å². The summed E-state index contributed by atoms with van der Waals surface area (Å²) < 4.78 is 68.6. The summed E-state index contributed by atoms with van der Waals surface area (Å²) in [5, 5.41) is 15.6. The van der Waals surface area contributed by atoms with E-state index in [2.05, 4.69) is 15.6 Å². The molecule has 1 aromatic heterocycles. The number of fused-ring (bicyclic) bond motifs is 1. The Morgan fingerprint density at radius 1 is 1.17 bits per heavy atom. The van der Waals surface area contributed by atoms with E-state index < -0.39 is 52.4 Å². The molecule has 2 aromatic carbocycles. The summed E-state index contributed by atoms with van der Waals surface area (Å²) in [4.78, 5) is 29.6. The summed E-state index contributed by atoms with van der Waals surface area (Å²) in [5.41, 5.74) is -3.45. The third kappa shape index (κ3) is 4.91. The van der Waals surface area contributed by atoms with Gasteiger partial charge in [0.25, 0.3) is 5.91 Å². The molecule has 3 aromatic rings. The quantitative estimate of drug-likeness (QED) is 0.434. The van der Waals surface area contributed by atoms with Crippen molar-refractivity contribution in [1.82, 2.24) is 14.9 Å². The molecule has 0 aliphatic carbocycles. The maximum absolute atomic E-state index is 14.0. The molecule has 0 fully saturated rings. The summed E-state index contributed by atoms with van der Waals surface area (Å²) in [6.45, 7) is 2.40. The van der Waals surface area contributed by atoms with Gasteiger partial charge >= 0.3 is 6.18 Å². The maximum Gasteiger partial charge on any atom is 0.416 e. The fraction of sp³-hybridized carbons (Fsp3) is 0.261. The predicted octanol–water partition coefficient (Wildman–Crippen LogP) is 4.53. The molecule has 7 nitrogen and oxygen atoms in total. The average Bonchev–Trinajstić information content (AvgIpc) is 3.12. The van der Waals surface area contributed by atoms with Gasteiger partial charge in [0.1, 0.15) is 29.6 Å². The van der Waals surface area contributed by atoms with Crippen molar-refractivity contribution in [3.8, 4) is 0 Å². The van der Waals surface area contributed by atoms with E-state index >= 15 is 0 Å². The lowest BCUT2D eigenvalue weighted by Crippen LogP contribution is -2.41. The molecule has 36 heavy (non-hydrogen) atoms. The summed E-state index contributed by atoms with van der Waals surface area (Å²) in [7, 11) is 0. The molecule has 4 rings (SSSR count). The van der Waals surface area contributed by atoms with Crippen molar-refractivity contribution in [2.24, 2.45) is 0 Å². The van der Waals surface area contributed by atoms with Crippen LogP contribution in [0.1, 0.15) is 52.9 Å². The fourth-order valence-electron chi connectivity index (χ4n) is 3.92. The van der Waals surface area contributed by atoms with Crippen molar-refractivity contribution in [2.75, 3.05) is 5.32 Å². The van der Waals surface area contributed by atoms with Crippen LogP contribution < -0.4 is 10.6 Å². The molecule has 190 valence electrons. The van der Waals surface area contributed by atoms with E-state index in [0.717, 1.165) is 12.1 Å². The number of benzene rings is 2. The van der Waals surface area contributed by atoms with Crippen molar-refractivity contribution in [2.45, 2.75) is 38.2 Å². The minimum atomic E-state index is -4.90. The van der Waals surface area contributed by atoms with Crippen LogP contribution in [0.25, 0.3) is 0 Å². The van der Waals surface area contributed by atoms with Crippen LogP contribution >= 0.6 is 11.6 Å². The molecule has 3 N–H and O–H groups in total. The second-order valence-electron chi connectivity index (χ2n) is 8.66. The van der Waals surface area contributed by atoms with Gasteiger partial charge in [0.2, 0.25) is 5.91 Å². The number of aliphatic hydroxyl groups is 1. The number of alkyl halides is 3. The minimum Gasteiger partial charge on any atom is -0.383 e. The number of carbonyl (C=O) groups is 2. The van der Waals surface area contributed by atoms with Crippen LogP contribution in [-0.4, -0.2) is 26.5 Å². The van der Waals surface area contributed by atoms with Gasteiger partial charge in [0.05, 0.1) is 17.3 Å². The van der Waals surface area contributed by atoms with Crippen LogP contribution in [0, 0.1) is 11.6 Å². The standard InChI is InChI=1S/C23H18ClF5N4O3/c1-22(2,36)21-32-19(31-20(35)10-5-11(23(27,28)29)7-13(26)6-10)18-17(30-16(34)9-33(18)21)14-8-12(25)3-4-15(14)24/h3-8,17,36H,9H2,1-2H3,(H,30,34)(H,31,35)/t17-/m1/s1. The molecule has 1 atom stereocenters. The van der Waals surface area contributed by atoms with E-state index in [1.54, 1.807) is 0 Å². The highest BCUT2D eigenvalue weighted by molar-refractivity contribution is 6.31. The Bertz CT molecular complexity index is 1380. The van der Waals surface area contributed by atoms with E-state index in [4.69, 9.17) is 11.6 Å². The first kappa shape index (κ1) is 25.6. The molecular formula is C23H18ClF5N4O3. The van der Waals surface area contributed by atoms with Gasteiger partial charge in [0, 0.05) is 16.1 Å². The molecule has 1 aliphatic heterocycles. The van der Waals surface area contributed by atoms with Crippen molar-refractivity contribution in [3.63, 3.8) is 0 Å². The summed E-state index contributed by atoms with van der Waals surface area (Å²) >= 11 is 6.24. The topological polar surface area (TPSA) is 96.2 Å². The van der Waals surface area contributed by atoms with Crippen LogP contribution in [0.4, 0.5) is 27.8 Å². The number of nitrogens with zero attached hydrogens (tertiary/aromatic N) is 2. The first-order chi connectivity index (χ1) is 16.6. The molecule has 0 spiro atoms. The Morgan fingerprint density at radius 3 is 2.50 bits per heavy atom. The van der Waals surface area contributed by atoms with E-state index in [1.807, 2.05) is 0 Å². The van der Waals surface area contributed by atoms with Crippen molar-refractivity contribution >= 4 is 29.2 Å². The van der Waals surface area contributed by atoms with Crippen LogP contribution in [0.5, 0.6) is 0 Å². The van der Waals surface area contributed by atoms with Gasteiger partial charge in [-0.15, -0.1) is 0 Å². The highest BCUT2D eigenvalue weighted by Gasteiger charge is 2.38. The second kappa shape index (κ2) is 8.86. The molecule has 0 unspecified atom stereocenters. The molecule has 0 saturated heterocycles. The van der Waals surface area contributed by atoms with E-state index in [-0.39, 0.29) is 40.5 Å². The highest BCUT2D eigenvalue weighted by Crippen LogP contribution is 2.38. The molecule has 0 saturated carbocycles. The Kier molecular flexibility index (Phi) is 6.29. The lowest BCUT2D eigenvalue weighted by molar-refractivity contribution is -0.137. The second-order valence-corrected chi connectivity index (χ2v) is 9.07. The summed E-state index contributed by atoms with van der Waals surface area (Å²) in [6, 6.07) is 3.61. The number of nitrogens with one attached hydrogen (secondary N) is 2. The predicted molar refractivity (Wildman–Crippen MR) is 118 cm³/mol. The van der Waals surface area contributed by atoms with E-state index in [9.17, 15) is 36.6 Å². The lowest BCUT2D eigenvalue weighted by atomic mass is 10.0. The van der Waals surface area contributed by atoms with Crippen molar-refractivity contribution < 1.29 is 36.6 Å². The smallest absolute Gasteiger partial charge is 0.383 e. The van der Waals surface area contributed by atoms with Gasteiger partial charge in [-0.1, -0.05) is 11.6 Å². The van der Waals surface area contributed by atoms with Crippen molar-refractivity contribution in [3.05, 3.63) is 81.3 Å². The normalized spacial score (nSPS) is 15.9. The fourth-order valence-corrected chi connectivity index (χ4v) is 4.15.